The molecule has 3 amide bonds. The average molecular weight is 482 g/mol. The van der Waals surface area contributed by atoms with Gasteiger partial charge in [-0.3, -0.25) is 14.4 Å². The number of likely N-dealkylation sites (N-methyl/N-ethyl adjacent to an activating group) is 1. The Morgan fingerprint density at radius 1 is 1.11 bits per heavy atom. The van der Waals surface area contributed by atoms with Gasteiger partial charge < -0.3 is 24.6 Å². The minimum atomic E-state index is -0.254. The molecule has 0 aliphatic carbocycles. The van der Waals surface area contributed by atoms with Gasteiger partial charge in [-0.25, -0.2) is 0 Å². The van der Waals surface area contributed by atoms with Crippen molar-refractivity contribution in [3.05, 3.63) is 59.7 Å². The second kappa shape index (κ2) is 11.8. The van der Waals surface area contributed by atoms with Crippen LogP contribution in [0.4, 0.5) is 5.69 Å². The van der Waals surface area contributed by atoms with Crippen LogP contribution in [0.3, 0.4) is 0 Å². The molecule has 1 aliphatic rings. The molecule has 0 saturated carbocycles. The summed E-state index contributed by atoms with van der Waals surface area (Å²) < 4.78 is 11.7. The molecule has 0 unspecified atom stereocenters. The summed E-state index contributed by atoms with van der Waals surface area (Å²) in [5.41, 5.74) is 1.76. The lowest BCUT2D eigenvalue weighted by atomic mass is 10.0. The summed E-state index contributed by atoms with van der Waals surface area (Å²) in [5.74, 6) is -0.0407. The zero-order valence-electron chi connectivity index (χ0n) is 21.1. The molecule has 188 valence electrons. The first-order valence-corrected chi connectivity index (χ1v) is 11.9. The molecule has 8 heteroatoms. The van der Waals surface area contributed by atoms with Gasteiger partial charge in [0.05, 0.1) is 24.1 Å². The van der Waals surface area contributed by atoms with E-state index in [1.807, 2.05) is 44.2 Å². The van der Waals surface area contributed by atoms with Crippen molar-refractivity contribution < 1.29 is 23.9 Å². The third-order valence-electron chi connectivity index (χ3n) is 6.34. The van der Waals surface area contributed by atoms with Crippen molar-refractivity contribution in [1.82, 2.24) is 9.80 Å². The smallest absolute Gasteiger partial charge is 0.257 e. The Bertz CT molecular complexity index is 1040. The molecule has 1 aliphatic heterocycles. The standard InChI is InChI=1S/C27H35N3O5/c1-18-15-30(20(3)31)19(2)17-35-24-12-11-22(28-26(32)13-21-9-7-6-8-10-21)14-23(24)27(33)29(4)16-25(18)34-5/h6-12,14,18-19,25H,13,15-17H2,1-5H3,(H,28,32)/t18-,19-,25-/m1/s1. The van der Waals surface area contributed by atoms with Crippen molar-refractivity contribution in [2.75, 3.05) is 39.2 Å². The van der Waals surface area contributed by atoms with Crippen LogP contribution in [0.5, 0.6) is 5.75 Å². The third kappa shape index (κ3) is 6.82. The third-order valence-corrected chi connectivity index (χ3v) is 6.34. The van der Waals surface area contributed by atoms with Crippen molar-refractivity contribution in [2.45, 2.75) is 39.3 Å². The van der Waals surface area contributed by atoms with Crippen molar-refractivity contribution in [3.63, 3.8) is 0 Å². The monoisotopic (exact) mass is 481 g/mol. The molecule has 35 heavy (non-hydrogen) atoms. The van der Waals surface area contributed by atoms with Crippen LogP contribution in [0, 0.1) is 5.92 Å². The molecule has 1 heterocycles. The van der Waals surface area contributed by atoms with Gasteiger partial charge >= 0.3 is 0 Å². The molecule has 3 atom stereocenters. The van der Waals surface area contributed by atoms with E-state index in [-0.39, 0.29) is 48.8 Å². The first-order chi connectivity index (χ1) is 16.7. The van der Waals surface area contributed by atoms with E-state index in [1.165, 1.54) is 0 Å². The van der Waals surface area contributed by atoms with Gasteiger partial charge in [-0.15, -0.1) is 0 Å². The van der Waals surface area contributed by atoms with E-state index in [4.69, 9.17) is 9.47 Å². The van der Waals surface area contributed by atoms with E-state index in [2.05, 4.69) is 5.32 Å². The Hall–Kier alpha value is -3.39. The minimum absolute atomic E-state index is 0.00380. The van der Waals surface area contributed by atoms with Crippen LogP contribution in [0.15, 0.2) is 48.5 Å². The van der Waals surface area contributed by atoms with E-state index in [0.29, 0.717) is 30.1 Å². The van der Waals surface area contributed by atoms with Gasteiger partial charge in [0.15, 0.2) is 0 Å². The summed E-state index contributed by atoms with van der Waals surface area (Å²) >= 11 is 0. The van der Waals surface area contributed by atoms with Crippen LogP contribution >= 0.6 is 0 Å². The fourth-order valence-electron chi connectivity index (χ4n) is 4.28. The topological polar surface area (TPSA) is 88.2 Å². The molecule has 0 spiro atoms. The molecule has 8 nitrogen and oxygen atoms in total. The lowest BCUT2D eigenvalue weighted by molar-refractivity contribution is -0.133. The second-order valence-corrected chi connectivity index (χ2v) is 9.19. The Morgan fingerprint density at radius 3 is 2.49 bits per heavy atom. The van der Waals surface area contributed by atoms with Crippen LogP contribution in [0.1, 0.15) is 36.7 Å². The molecule has 0 aromatic heterocycles. The number of fused-ring (bicyclic) bond motifs is 1. The second-order valence-electron chi connectivity index (χ2n) is 9.19. The normalized spacial score (nSPS) is 21.3. The summed E-state index contributed by atoms with van der Waals surface area (Å²) in [4.78, 5) is 41.7. The number of benzene rings is 2. The van der Waals surface area contributed by atoms with Gasteiger partial charge in [-0.05, 0) is 30.7 Å². The van der Waals surface area contributed by atoms with Gasteiger partial charge in [0.25, 0.3) is 5.91 Å². The fraction of sp³-hybridized carbons (Fsp3) is 0.444. The largest absolute Gasteiger partial charge is 0.491 e. The van der Waals surface area contributed by atoms with Crippen molar-refractivity contribution >= 4 is 23.4 Å². The van der Waals surface area contributed by atoms with E-state index in [9.17, 15) is 14.4 Å². The molecule has 0 saturated heterocycles. The zero-order valence-corrected chi connectivity index (χ0v) is 21.1. The highest BCUT2D eigenvalue weighted by atomic mass is 16.5. The minimum Gasteiger partial charge on any atom is -0.491 e. The van der Waals surface area contributed by atoms with Gasteiger partial charge in [-0.1, -0.05) is 37.3 Å². The summed E-state index contributed by atoms with van der Waals surface area (Å²) in [6.45, 7) is 6.56. The predicted molar refractivity (Wildman–Crippen MR) is 134 cm³/mol. The van der Waals surface area contributed by atoms with Crippen molar-refractivity contribution in [1.29, 1.82) is 0 Å². The van der Waals surface area contributed by atoms with Gasteiger partial charge in [0.1, 0.15) is 12.4 Å². The highest BCUT2D eigenvalue weighted by Gasteiger charge is 2.29. The molecule has 0 fully saturated rings. The number of rotatable bonds is 4. The molecule has 3 rings (SSSR count). The van der Waals surface area contributed by atoms with Crippen LogP contribution in [0.25, 0.3) is 0 Å². The molecular formula is C27H35N3O5. The Kier molecular flexibility index (Phi) is 8.87. The fourth-order valence-corrected chi connectivity index (χ4v) is 4.28. The number of nitrogens with one attached hydrogen (secondary N) is 1. The number of methoxy groups -OCH3 is 1. The number of hydrogen-bond donors (Lipinski definition) is 1. The number of carbonyl (C=O) groups is 3. The Balaban J connectivity index is 1.88. The van der Waals surface area contributed by atoms with Gasteiger partial charge in [-0.2, -0.15) is 0 Å². The molecule has 0 bridgehead atoms. The van der Waals surface area contributed by atoms with E-state index in [0.717, 1.165) is 5.56 Å². The number of nitrogens with zero attached hydrogens (tertiary/aromatic N) is 2. The van der Waals surface area contributed by atoms with Crippen LogP contribution in [-0.4, -0.2) is 73.5 Å². The molecule has 0 radical (unpaired) electrons. The lowest BCUT2D eigenvalue weighted by Gasteiger charge is -2.35. The average Bonchev–Trinajstić information content (AvgIpc) is 2.83. The van der Waals surface area contributed by atoms with Crippen LogP contribution in [0.2, 0.25) is 0 Å². The summed E-state index contributed by atoms with van der Waals surface area (Å²) in [6, 6.07) is 14.3. The Morgan fingerprint density at radius 2 is 1.83 bits per heavy atom. The van der Waals surface area contributed by atoms with E-state index < -0.39 is 0 Å². The maximum atomic E-state index is 13.4. The first kappa shape index (κ1) is 26.2. The quantitative estimate of drug-likeness (QED) is 0.725. The van der Waals surface area contributed by atoms with Crippen molar-refractivity contribution in [3.8, 4) is 5.75 Å². The van der Waals surface area contributed by atoms with Crippen LogP contribution < -0.4 is 10.1 Å². The maximum absolute atomic E-state index is 13.4. The summed E-state index contributed by atoms with van der Waals surface area (Å²) in [7, 11) is 3.33. The molecule has 2 aromatic carbocycles. The van der Waals surface area contributed by atoms with Crippen molar-refractivity contribution in [2.24, 2.45) is 5.92 Å². The predicted octanol–water partition coefficient (Wildman–Crippen LogP) is 3.22. The molecular weight excluding hydrogens is 446 g/mol. The van der Waals surface area contributed by atoms with Crippen LogP contribution in [-0.2, 0) is 20.7 Å². The zero-order chi connectivity index (χ0) is 25.5. The first-order valence-electron chi connectivity index (χ1n) is 11.9. The SMILES string of the molecule is CO[C@@H]1CN(C)C(=O)c2cc(NC(=O)Cc3ccccc3)ccc2OC[C@@H](C)N(C(C)=O)C[C@H]1C. The number of carbonyl (C=O) groups excluding carboxylic acids is 3. The summed E-state index contributed by atoms with van der Waals surface area (Å²) in [5, 5.41) is 2.88. The Labute approximate surface area is 207 Å². The number of anilines is 1. The number of amides is 3. The highest BCUT2D eigenvalue weighted by molar-refractivity contribution is 5.99. The highest BCUT2D eigenvalue weighted by Crippen LogP contribution is 2.26. The van der Waals surface area contributed by atoms with E-state index >= 15 is 0 Å². The number of hydrogen-bond acceptors (Lipinski definition) is 5. The maximum Gasteiger partial charge on any atom is 0.257 e. The molecule has 1 N–H and O–H groups in total. The number of ether oxygens (including phenoxy) is 2. The summed E-state index contributed by atoms with van der Waals surface area (Å²) in [6.07, 6.45) is -0.0239. The van der Waals surface area contributed by atoms with Gasteiger partial charge in [0.2, 0.25) is 11.8 Å². The lowest BCUT2D eigenvalue weighted by Crippen LogP contribution is -2.48. The van der Waals surface area contributed by atoms with Gasteiger partial charge in [0, 0.05) is 45.8 Å². The van der Waals surface area contributed by atoms with E-state index in [1.54, 1.807) is 49.1 Å². The molecule has 2 aromatic rings.